The molecule has 0 aliphatic heterocycles. The number of hydrogen-bond donors (Lipinski definition) is 0. The summed E-state index contributed by atoms with van der Waals surface area (Å²) in [5, 5.41) is 0. The molecule has 0 aromatic carbocycles. The highest BCUT2D eigenvalue weighted by molar-refractivity contribution is 5.59. The van der Waals surface area contributed by atoms with Crippen LogP contribution in [0.1, 0.15) is 25.7 Å². The van der Waals surface area contributed by atoms with Crippen LogP contribution in [0.15, 0.2) is 0 Å². The zero-order chi connectivity index (χ0) is 9.68. The topological polar surface area (TPSA) is 44.8 Å². The van der Waals surface area contributed by atoms with Crippen molar-refractivity contribution >= 4 is 6.16 Å². The van der Waals surface area contributed by atoms with E-state index in [1.807, 2.05) is 0 Å². The van der Waals surface area contributed by atoms with Crippen LogP contribution in [0.3, 0.4) is 0 Å². The molecule has 0 bridgehead atoms. The van der Waals surface area contributed by atoms with Crippen LogP contribution in [0.2, 0.25) is 0 Å². The molecule has 0 aromatic heterocycles. The fraction of sp³-hybridized carbons (Fsp3) is 0.889. The normalized spacial score (nSPS) is 28.2. The maximum Gasteiger partial charge on any atom is 0.508 e. The minimum absolute atomic E-state index is 0.0128. The van der Waals surface area contributed by atoms with Gasteiger partial charge in [-0.2, -0.15) is 0 Å². The molecule has 0 unspecified atom stereocenters. The van der Waals surface area contributed by atoms with Crippen molar-refractivity contribution in [3.05, 3.63) is 0 Å². The summed E-state index contributed by atoms with van der Waals surface area (Å²) in [6, 6.07) is 0. The average Bonchev–Trinajstić information content (AvgIpc) is 2.19. The van der Waals surface area contributed by atoms with Crippen LogP contribution < -0.4 is 0 Å². The largest absolute Gasteiger partial charge is 0.508 e. The molecule has 0 atom stereocenters. The van der Waals surface area contributed by atoms with Crippen molar-refractivity contribution in [2.45, 2.75) is 37.9 Å². The zero-order valence-corrected chi connectivity index (χ0v) is 8.12. The lowest BCUT2D eigenvalue weighted by Crippen LogP contribution is -2.27. The molecule has 0 radical (unpaired) electrons. The number of carbonyl (C=O) groups excluding carboxylic acids is 1. The number of ether oxygens (including phenoxy) is 3. The highest BCUT2D eigenvalue weighted by Crippen LogP contribution is 2.23. The summed E-state index contributed by atoms with van der Waals surface area (Å²) in [6.07, 6.45) is 3.41. The fourth-order valence-corrected chi connectivity index (χ4v) is 1.57. The molecule has 1 rings (SSSR count). The molecule has 0 saturated heterocycles. The predicted molar refractivity (Wildman–Crippen MR) is 46.5 cm³/mol. The van der Waals surface area contributed by atoms with Gasteiger partial charge >= 0.3 is 6.16 Å². The van der Waals surface area contributed by atoms with Crippen molar-refractivity contribution in [3.8, 4) is 0 Å². The summed E-state index contributed by atoms with van der Waals surface area (Å²) >= 11 is 0. The molecule has 0 N–H and O–H groups in total. The van der Waals surface area contributed by atoms with E-state index in [0.717, 1.165) is 25.7 Å². The summed E-state index contributed by atoms with van der Waals surface area (Å²) < 4.78 is 14.6. The van der Waals surface area contributed by atoms with Crippen LogP contribution in [0, 0.1) is 0 Å². The molecule has 1 fully saturated rings. The van der Waals surface area contributed by atoms with Crippen LogP contribution in [-0.2, 0) is 14.2 Å². The van der Waals surface area contributed by atoms with E-state index >= 15 is 0 Å². The third-order valence-corrected chi connectivity index (χ3v) is 2.38. The highest BCUT2D eigenvalue weighted by atomic mass is 16.7. The van der Waals surface area contributed by atoms with E-state index in [0.29, 0.717) is 6.10 Å². The molecule has 0 heterocycles. The van der Waals surface area contributed by atoms with E-state index in [2.05, 4.69) is 4.74 Å². The molecule has 1 saturated carbocycles. The predicted octanol–water partition coefficient (Wildman–Crippen LogP) is 1.73. The number of hydrogen-bond acceptors (Lipinski definition) is 4. The molecule has 76 valence electrons. The monoisotopic (exact) mass is 188 g/mol. The first-order chi connectivity index (χ1) is 6.26. The van der Waals surface area contributed by atoms with Crippen LogP contribution in [-0.4, -0.2) is 32.6 Å². The molecule has 0 aromatic rings. The molecule has 1 aliphatic carbocycles. The van der Waals surface area contributed by atoms with Gasteiger partial charge in [0.2, 0.25) is 0 Å². The van der Waals surface area contributed by atoms with E-state index in [1.54, 1.807) is 7.11 Å². The van der Waals surface area contributed by atoms with Gasteiger partial charge in [-0.1, -0.05) is 0 Å². The third kappa shape index (κ3) is 3.22. The van der Waals surface area contributed by atoms with Crippen molar-refractivity contribution in [2.75, 3.05) is 14.2 Å². The van der Waals surface area contributed by atoms with Gasteiger partial charge < -0.3 is 14.2 Å². The maximum atomic E-state index is 10.8. The van der Waals surface area contributed by atoms with Crippen molar-refractivity contribution < 1.29 is 19.0 Å². The summed E-state index contributed by atoms with van der Waals surface area (Å²) in [5.74, 6) is 0. The minimum Gasteiger partial charge on any atom is -0.438 e. The van der Waals surface area contributed by atoms with Crippen LogP contribution in [0.25, 0.3) is 0 Å². The van der Waals surface area contributed by atoms with Crippen LogP contribution >= 0.6 is 0 Å². The molecule has 0 spiro atoms. The Labute approximate surface area is 78.2 Å². The van der Waals surface area contributed by atoms with Crippen molar-refractivity contribution in [1.82, 2.24) is 0 Å². The van der Waals surface area contributed by atoms with E-state index in [1.165, 1.54) is 7.11 Å². The Morgan fingerprint density at radius 3 is 2.08 bits per heavy atom. The first-order valence-corrected chi connectivity index (χ1v) is 4.53. The van der Waals surface area contributed by atoms with Gasteiger partial charge in [-0.15, -0.1) is 0 Å². The maximum absolute atomic E-state index is 10.8. The Balaban J connectivity index is 2.21. The first-order valence-electron chi connectivity index (χ1n) is 4.53. The number of methoxy groups -OCH3 is 2. The second-order valence-electron chi connectivity index (χ2n) is 3.21. The second-order valence-corrected chi connectivity index (χ2v) is 3.21. The van der Waals surface area contributed by atoms with Gasteiger partial charge in [-0.25, -0.2) is 4.79 Å². The number of rotatable bonds is 2. The van der Waals surface area contributed by atoms with Gasteiger partial charge in [0.15, 0.2) is 0 Å². The van der Waals surface area contributed by atoms with Crippen LogP contribution in [0.5, 0.6) is 0 Å². The van der Waals surface area contributed by atoms with E-state index in [-0.39, 0.29) is 6.10 Å². The van der Waals surface area contributed by atoms with Gasteiger partial charge in [0.25, 0.3) is 0 Å². The van der Waals surface area contributed by atoms with Crippen molar-refractivity contribution in [1.29, 1.82) is 0 Å². The van der Waals surface area contributed by atoms with Gasteiger partial charge in [0, 0.05) is 7.11 Å². The highest BCUT2D eigenvalue weighted by Gasteiger charge is 2.23. The summed E-state index contributed by atoms with van der Waals surface area (Å²) in [7, 11) is 3.04. The molecule has 4 nitrogen and oxygen atoms in total. The van der Waals surface area contributed by atoms with E-state index in [4.69, 9.17) is 9.47 Å². The van der Waals surface area contributed by atoms with Gasteiger partial charge in [-0.3, -0.25) is 0 Å². The van der Waals surface area contributed by atoms with Crippen LogP contribution in [0.4, 0.5) is 4.79 Å². The van der Waals surface area contributed by atoms with Crippen molar-refractivity contribution in [3.63, 3.8) is 0 Å². The molecule has 0 amide bonds. The second kappa shape index (κ2) is 5.07. The summed E-state index contributed by atoms with van der Waals surface area (Å²) in [5.41, 5.74) is 0. The number of carbonyl (C=O) groups is 1. The molecular formula is C9H16O4. The minimum atomic E-state index is -0.583. The molecule has 4 heteroatoms. The van der Waals surface area contributed by atoms with Crippen molar-refractivity contribution in [2.24, 2.45) is 0 Å². The Kier molecular flexibility index (Phi) is 4.02. The fourth-order valence-electron chi connectivity index (χ4n) is 1.57. The molecule has 13 heavy (non-hydrogen) atoms. The smallest absolute Gasteiger partial charge is 0.438 e. The van der Waals surface area contributed by atoms with Gasteiger partial charge in [0.05, 0.1) is 13.2 Å². The average molecular weight is 188 g/mol. The zero-order valence-electron chi connectivity index (χ0n) is 8.12. The quantitative estimate of drug-likeness (QED) is 0.619. The lowest BCUT2D eigenvalue weighted by atomic mass is 9.95. The summed E-state index contributed by atoms with van der Waals surface area (Å²) in [4.78, 5) is 10.8. The third-order valence-electron chi connectivity index (χ3n) is 2.38. The Morgan fingerprint density at radius 2 is 1.62 bits per heavy atom. The Morgan fingerprint density at radius 1 is 1.08 bits per heavy atom. The SMILES string of the molecule is COC(=O)OC1CCC(OC)CC1. The lowest BCUT2D eigenvalue weighted by molar-refractivity contribution is -0.00968. The van der Waals surface area contributed by atoms with Gasteiger partial charge in [0.1, 0.15) is 6.10 Å². The Bertz CT molecular complexity index is 161. The Hall–Kier alpha value is -0.770. The molecular weight excluding hydrogens is 172 g/mol. The molecule has 1 aliphatic rings. The van der Waals surface area contributed by atoms with E-state index in [9.17, 15) is 4.79 Å². The van der Waals surface area contributed by atoms with Gasteiger partial charge in [-0.05, 0) is 25.7 Å². The summed E-state index contributed by atoms with van der Waals surface area (Å²) in [6.45, 7) is 0. The first kappa shape index (κ1) is 10.3. The lowest BCUT2D eigenvalue weighted by Gasteiger charge is -2.26. The standard InChI is InChI=1S/C9H16O4/c1-11-7-3-5-8(6-4-7)13-9(10)12-2/h7-8H,3-6H2,1-2H3. The van der Waals surface area contributed by atoms with E-state index < -0.39 is 6.16 Å².